The first-order chi connectivity index (χ1) is 8.99. The van der Waals surface area contributed by atoms with Crippen LogP contribution in [0.25, 0.3) is 5.53 Å². The minimum atomic E-state index is -1.45. The molecule has 2 aliphatic rings. The van der Waals surface area contributed by atoms with Crippen LogP contribution in [-0.2, 0) is 9.53 Å². The van der Waals surface area contributed by atoms with Crippen molar-refractivity contribution in [3.63, 3.8) is 0 Å². The number of ether oxygens (including phenoxy) is 1. The standard InChI is InChI=1S/C9H12N4O6/c10-12-3-1-13(9(18)11-7(3)17)8-6(16)5(15)4(2-14)19-8/h4-6,8,14-16H,1-2H2,(H,11,17,18)/t4-,5-,6-,8-/m1/s1. The van der Waals surface area contributed by atoms with E-state index in [4.69, 9.17) is 15.4 Å². The lowest BCUT2D eigenvalue weighted by Crippen LogP contribution is -2.60. The van der Waals surface area contributed by atoms with Crippen LogP contribution in [0.5, 0.6) is 0 Å². The lowest BCUT2D eigenvalue weighted by atomic mass is 10.1. The molecular formula is C9H12N4O6. The highest BCUT2D eigenvalue weighted by atomic mass is 16.6. The second-order valence-corrected chi connectivity index (χ2v) is 4.16. The molecule has 0 spiro atoms. The summed E-state index contributed by atoms with van der Waals surface area (Å²) >= 11 is 0. The van der Waals surface area contributed by atoms with Gasteiger partial charge in [-0.2, -0.15) is 4.79 Å². The van der Waals surface area contributed by atoms with Crippen molar-refractivity contribution in [3.8, 4) is 0 Å². The third kappa shape index (κ3) is 2.23. The second-order valence-electron chi connectivity index (χ2n) is 4.16. The fourth-order valence-electron chi connectivity index (χ4n) is 1.97. The Balaban J connectivity index is 2.20. The summed E-state index contributed by atoms with van der Waals surface area (Å²) in [6.45, 7) is -0.919. The molecule has 10 nitrogen and oxygen atoms in total. The van der Waals surface area contributed by atoms with E-state index < -0.39 is 43.1 Å². The predicted octanol–water partition coefficient (Wildman–Crippen LogP) is -3.35. The van der Waals surface area contributed by atoms with Crippen molar-refractivity contribution < 1.29 is 34.4 Å². The van der Waals surface area contributed by atoms with Crippen molar-refractivity contribution in [2.45, 2.75) is 24.5 Å². The molecule has 4 atom stereocenters. The normalized spacial score (nSPS) is 35.3. The Morgan fingerprint density at radius 2 is 2.11 bits per heavy atom. The van der Waals surface area contributed by atoms with Crippen LogP contribution in [0.3, 0.4) is 0 Å². The molecule has 0 aromatic heterocycles. The molecule has 0 aliphatic carbocycles. The summed E-state index contributed by atoms with van der Waals surface area (Å²) in [6.07, 6.45) is -5.11. The quantitative estimate of drug-likeness (QED) is 0.304. The first kappa shape index (κ1) is 13.6. The minimum Gasteiger partial charge on any atom is -0.394 e. The fourth-order valence-corrected chi connectivity index (χ4v) is 1.97. The Morgan fingerprint density at radius 3 is 2.63 bits per heavy atom. The van der Waals surface area contributed by atoms with E-state index in [9.17, 15) is 19.8 Å². The number of aliphatic hydroxyl groups excluding tert-OH is 3. The number of hydrogen-bond acceptors (Lipinski definition) is 6. The van der Waals surface area contributed by atoms with Crippen LogP contribution in [0.15, 0.2) is 0 Å². The molecular weight excluding hydrogens is 260 g/mol. The molecule has 2 fully saturated rings. The van der Waals surface area contributed by atoms with Gasteiger partial charge in [-0.3, -0.25) is 15.0 Å². The molecule has 0 bridgehead atoms. The van der Waals surface area contributed by atoms with E-state index >= 15 is 0 Å². The zero-order chi connectivity index (χ0) is 14.2. The Kier molecular flexibility index (Phi) is 3.60. The van der Waals surface area contributed by atoms with Gasteiger partial charge in [-0.15, -0.1) is 0 Å². The van der Waals surface area contributed by atoms with Crippen LogP contribution in [0.1, 0.15) is 0 Å². The molecule has 2 rings (SSSR count). The van der Waals surface area contributed by atoms with Gasteiger partial charge in [-0.25, -0.2) is 4.79 Å². The molecule has 0 radical (unpaired) electrons. The van der Waals surface area contributed by atoms with Gasteiger partial charge in [0.15, 0.2) is 6.23 Å². The van der Waals surface area contributed by atoms with E-state index in [0.717, 1.165) is 4.90 Å². The number of rotatable bonds is 2. The number of aliphatic hydroxyl groups is 3. The molecule has 0 aromatic rings. The third-order valence-electron chi connectivity index (χ3n) is 3.01. The zero-order valence-electron chi connectivity index (χ0n) is 9.63. The molecule has 0 unspecified atom stereocenters. The Labute approximate surface area is 106 Å². The summed E-state index contributed by atoms with van der Waals surface area (Å²) in [6, 6.07) is -0.854. The molecule has 19 heavy (non-hydrogen) atoms. The lowest BCUT2D eigenvalue weighted by molar-refractivity contribution is -0.123. The van der Waals surface area contributed by atoms with Gasteiger partial charge in [-0.05, 0) is 0 Å². The van der Waals surface area contributed by atoms with E-state index in [1.54, 1.807) is 0 Å². The number of hydrogen-bond donors (Lipinski definition) is 4. The molecule has 10 heteroatoms. The number of amides is 3. The maximum atomic E-state index is 11.6. The summed E-state index contributed by atoms with van der Waals surface area (Å²) in [4.78, 5) is 26.5. The molecule has 2 aliphatic heterocycles. The van der Waals surface area contributed by atoms with Crippen molar-refractivity contribution in [1.29, 1.82) is 0 Å². The van der Waals surface area contributed by atoms with Gasteiger partial charge in [-0.1, -0.05) is 0 Å². The molecule has 3 amide bonds. The maximum absolute atomic E-state index is 11.6. The zero-order valence-corrected chi connectivity index (χ0v) is 9.63. The van der Waals surface area contributed by atoms with Crippen LogP contribution in [0.4, 0.5) is 4.79 Å². The van der Waals surface area contributed by atoms with Gasteiger partial charge in [0, 0.05) is 0 Å². The van der Waals surface area contributed by atoms with Crippen LogP contribution in [0, 0.1) is 0 Å². The van der Waals surface area contributed by atoms with E-state index in [2.05, 4.69) is 4.79 Å². The SMILES string of the molecule is [N-]=[N+]=C1CN([C@@H]2O[C@H](CO)[C@@H](O)[C@H]2O)C(=O)NC1=O. The fraction of sp³-hybridized carbons (Fsp3) is 0.667. The Bertz CT molecular complexity index is 462. The first-order valence-electron chi connectivity index (χ1n) is 5.45. The smallest absolute Gasteiger partial charge is 0.375 e. The number of carbonyl (C=O) groups excluding carboxylic acids is 2. The van der Waals surface area contributed by atoms with Crippen LogP contribution >= 0.6 is 0 Å². The third-order valence-corrected chi connectivity index (χ3v) is 3.01. The molecule has 4 N–H and O–H groups in total. The molecule has 104 valence electrons. The van der Waals surface area contributed by atoms with Gasteiger partial charge in [0.1, 0.15) is 24.9 Å². The van der Waals surface area contributed by atoms with Crippen molar-refractivity contribution >= 4 is 17.6 Å². The van der Waals surface area contributed by atoms with Crippen LogP contribution in [0.2, 0.25) is 0 Å². The highest BCUT2D eigenvalue weighted by Crippen LogP contribution is 2.24. The molecule has 2 saturated heterocycles. The monoisotopic (exact) mass is 272 g/mol. The Morgan fingerprint density at radius 1 is 1.42 bits per heavy atom. The van der Waals surface area contributed by atoms with E-state index in [1.165, 1.54) is 0 Å². The van der Waals surface area contributed by atoms with E-state index in [0.29, 0.717) is 0 Å². The number of carbonyl (C=O) groups is 2. The average molecular weight is 272 g/mol. The number of urea groups is 1. The molecule has 0 aromatic carbocycles. The van der Waals surface area contributed by atoms with E-state index in [1.807, 2.05) is 5.32 Å². The van der Waals surface area contributed by atoms with Crippen molar-refractivity contribution in [2.75, 3.05) is 13.2 Å². The number of imide groups is 1. The van der Waals surface area contributed by atoms with Crippen LogP contribution < -0.4 is 5.32 Å². The molecule has 2 heterocycles. The van der Waals surface area contributed by atoms with Gasteiger partial charge in [0.2, 0.25) is 0 Å². The van der Waals surface area contributed by atoms with Gasteiger partial charge < -0.3 is 25.6 Å². The van der Waals surface area contributed by atoms with Gasteiger partial charge in [0.05, 0.1) is 6.61 Å². The summed E-state index contributed by atoms with van der Waals surface area (Å²) in [5.41, 5.74) is 8.29. The summed E-state index contributed by atoms with van der Waals surface area (Å²) in [5.74, 6) is -0.851. The van der Waals surface area contributed by atoms with Gasteiger partial charge in [0.25, 0.3) is 0 Å². The Hall–Kier alpha value is -1.84. The second kappa shape index (κ2) is 5.03. The first-order valence-corrected chi connectivity index (χ1v) is 5.45. The molecule has 0 saturated carbocycles. The summed E-state index contributed by atoms with van der Waals surface area (Å²) in [5, 5.41) is 30.2. The van der Waals surface area contributed by atoms with E-state index in [-0.39, 0.29) is 12.3 Å². The summed E-state index contributed by atoms with van der Waals surface area (Å²) < 4.78 is 5.14. The largest absolute Gasteiger partial charge is 0.394 e. The predicted molar refractivity (Wildman–Crippen MR) is 56.6 cm³/mol. The summed E-state index contributed by atoms with van der Waals surface area (Å²) in [7, 11) is 0. The maximum Gasteiger partial charge on any atom is 0.375 e. The van der Waals surface area contributed by atoms with Crippen LogP contribution in [-0.4, -0.2) is 80.4 Å². The topological polar surface area (TPSA) is 156 Å². The minimum absolute atomic E-state index is 0.336. The average Bonchev–Trinajstić information content (AvgIpc) is 2.67. The number of nitrogens with one attached hydrogen (secondary N) is 1. The highest BCUT2D eigenvalue weighted by Gasteiger charge is 2.49. The van der Waals surface area contributed by atoms with Crippen molar-refractivity contribution in [1.82, 2.24) is 10.2 Å². The van der Waals surface area contributed by atoms with Crippen molar-refractivity contribution in [2.24, 2.45) is 0 Å². The van der Waals surface area contributed by atoms with Gasteiger partial charge >= 0.3 is 17.6 Å². The number of nitrogens with zero attached hydrogens (tertiary/aromatic N) is 3. The van der Waals surface area contributed by atoms with Crippen molar-refractivity contribution in [3.05, 3.63) is 5.53 Å². The highest BCUT2D eigenvalue weighted by molar-refractivity contribution is 6.41. The lowest BCUT2D eigenvalue weighted by Gasteiger charge is -2.30.